The van der Waals surface area contributed by atoms with Gasteiger partial charge in [-0.2, -0.15) is 0 Å². The molecule has 2 rings (SSSR count). The predicted octanol–water partition coefficient (Wildman–Crippen LogP) is 2.61. The van der Waals surface area contributed by atoms with E-state index in [1.807, 2.05) is 19.1 Å². The third-order valence-electron chi connectivity index (χ3n) is 2.04. The summed E-state index contributed by atoms with van der Waals surface area (Å²) in [6.07, 6.45) is 0. The summed E-state index contributed by atoms with van der Waals surface area (Å²) in [5.74, 6) is 0. The first-order chi connectivity index (χ1) is 5.77. The molecule has 1 unspecified atom stereocenters. The van der Waals surface area contributed by atoms with Crippen molar-refractivity contribution in [1.82, 2.24) is 4.98 Å². The maximum absolute atomic E-state index is 5.75. The molecule has 0 saturated carbocycles. The topological polar surface area (TPSA) is 41.8 Å². The summed E-state index contributed by atoms with van der Waals surface area (Å²) in [5.41, 5.74) is 8.00. The number of benzene rings is 1. The van der Waals surface area contributed by atoms with Crippen molar-refractivity contribution in [1.29, 1.82) is 0 Å². The lowest BCUT2D eigenvalue weighted by molar-refractivity contribution is 0.792. The number of nitrogens with two attached hydrogens (primary N) is 1. The van der Waals surface area contributed by atoms with Crippen molar-refractivity contribution >= 4 is 23.3 Å². The van der Waals surface area contributed by atoms with Gasteiger partial charge in [0.2, 0.25) is 0 Å². The van der Waals surface area contributed by atoms with Gasteiger partial charge >= 0.3 is 0 Å². The Morgan fingerprint density at radius 2 is 2.00 bits per heavy atom. The molecule has 0 spiro atoms. The van der Waals surface area contributed by atoms with E-state index < -0.39 is 0 Å². The van der Waals surface area contributed by atoms with Gasteiger partial charge in [-0.05, 0) is 24.4 Å². The molecule has 70 valence electrons. The molecule has 0 saturated heterocycles. The number of halogens is 1. The van der Waals surface area contributed by atoms with Crippen LogP contribution in [-0.2, 0) is 0 Å². The molecule has 0 radical (unpaired) electrons. The average molecular weight is 197 g/mol. The van der Waals surface area contributed by atoms with E-state index in [-0.39, 0.29) is 18.4 Å². The zero-order chi connectivity index (χ0) is 8.55. The van der Waals surface area contributed by atoms with Crippen LogP contribution in [0.1, 0.15) is 18.7 Å². The molecule has 1 atom stereocenters. The van der Waals surface area contributed by atoms with Crippen molar-refractivity contribution in [3.8, 4) is 0 Å². The molecule has 1 aromatic heterocycles. The van der Waals surface area contributed by atoms with E-state index in [1.54, 1.807) is 0 Å². The number of aromatic amines is 1. The Labute approximate surface area is 83.5 Å². The number of para-hydroxylation sites is 1. The fraction of sp³-hybridized carbons (Fsp3) is 0.200. The van der Waals surface area contributed by atoms with Gasteiger partial charge in [-0.15, -0.1) is 12.4 Å². The summed E-state index contributed by atoms with van der Waals surface area (Å²) < 4.78 is 0. The lowest BCUT2D eigenvalue weighted by Gasteiger charge is -1.98. The zero-order valence-electron chi connectivity index (χ0n) is 7.45. The molecule has 1 heterocycles. The molecule has 0 amide bonds. The highest BCUT2D eigenvalue weighted by molar-refractivity contribution is 5.85. The number of nitrogens with one attached hydrogen (secondary N) is 1. The van der Waals surface area contributed by atoms with Gasteiger partial charge in [-0.3, -0.25) is 0 Å². The minimum atomic E-state index is 0. The fourth-order valence-electron chi connectivity index (χ4n) is 1.34. The molecular formula is C10H13ClN2. The van der Waals surface area contributed by atoms with E-state index in [0.29, 0.717) is 0 Å². The molecule has 0 aliphatic carbocycles. The number of aromatic nitrogens is 1. The van der Waals surface area contributed by atoms with Gasteiger partial charge in [0, 0.05) is 17.3 Å². The third kappa shape index (κ3) is 1.85. The number of rotatable bonds is 1. The third-order valence-corrected chi connectivity index (χ3v) is 2.04. The average Bonchev–Trinajstić information content (AvgIpc) is 2.46. The van der Waals surface area contributed by atoms with Gasteiger partial charge in [-0.25, -0.2) is 0 Å². The van der Waals surface area contributed by atoms with E-state index in [0.717, 1.165) is 11.2 Å². The number of H-pyrrole nitrogens is 1. The molecule has 3 N–H and O–H groups in total. The lowest BCUT2D eigenvalue weighted by Crippen LogP contribution is -2.04. The second-order valence-electron chi connectivity index (χ2n) is 3.10. The highest BCUT2D eigenvalue weighted by atomic mass is 35.5. The summed E-state index contributed by atoms with van der Waals surface area (Å²) in [4.78, 5) is 3.27. The Morgan fingerprint density at radius 1 is 1.31 bits per heavy atom. The van der Waals surface area contributed by atoms with Crippen molar-refractivity contribution in [2.75, 3.05) is 0 Å². The minimum Gasteiger partial charge on any atom is -0.357 e. The van der Waals surface area contributed by atoms with Gasteiger partial charge in [0.05, 0.1) is 0 Å². The quantitative estimate of drug-likeness (QED) is 0.724. The molecule has 0 aliphatic heterocycles. The van der Waals surface area contributed by atoms with Crippen molar-refractivity contribution in [2.45, 2.75) is 13.0 Å². The van der Waals surface area contributed by atoms with Crippen LogP contribution in [0.15, 0.2) is 30.3 Å². The summed E-state index contributed by atoms with van der Waals surface area (Å²) in [6.45, 7) is 1.98. The Kier molecular flexibility index (Phi) is 2.96. The molecule has 0 aliphatic rings. The van der Waals surface area contributed by atoms with Crippen LogP contribution in [0.3, 0.4) is 0 Å². The van der Waals surface area contributed by atoms with E-state index >= 15 is 0 Å². The Bertz CT molecular complexity index is 359. The van der Waals surface area contributed by atoms with E-state index in [2.05, 4.69) is 23.2 Å². The summed E-state index contributed by atoms with van der Waals surface area (Å²) >= 11 is 0. The minimum absolute atomic E-state index is 0. The van der Waals surface area contributed by atoms with Gasteiger partial charge in [0.25, 0.3) is 0 Å². The van der Waals surface area contributed by atoms with Crippen molar-refractivity contribution < 1.29 is 0 Å². The Morgan fingerprint density at radius 3 is 2.62 bits per heavy atom. The molecule has 2 aromatic rings. The molecule has 13 heavy (non-hydrogen) atoms. The van der Waals surface area contributed by atoms with Crippen LogP contribution in [0, 0.1) is 0 Å². The zero-order valence-corrected chi connectivity index (χ0v) is 8.27. The van der Waals surface area contributed by atoms with E-state index in [9.17, 15) is 0 Å². The molecular weight excluding hydrogens is 184 g/mol. The molecule has 0 fully saturated rings. The fourth-order valence-corrected chi connectivity index (χ4v) is 1.34. The molecule has 3 heteroatoms. The predicted molar refractivity (Wildman–Crippen MR) is 58.1 cm³/mol. The summed E-state index contributed by atoms with van der Waals surface area (Å²) in [5, 5.41) is 1.23. The first-order valence-electron chi connectivity index (χ1n) is 4.10. The first kappa shape index (κ1) is 10.1. The Hall–Kier alpha value is -0.990. The second-order valence-corrected chi connectivity index (χ2v) is 3.10. The summed E-state index contributed by atoms with van der Waals surface area (Å²) in [7, 11) is 0. The maximum Gasteiger partial charge on any atom is 0.0456 e. The normalized spacial score (nSPS) is 12.5. The van der Waals surface area contributed by atoms with E-state index in [4.69, 9.17) is 5.73 Å². The van der Waals surface area contributed by atoms with Gasteiger partial charge < -0.3 is 10.7 Å². The first-order valence-corrected chi connectivity index (χ1v) is 4.10. The van der Waals surface area contributed by atoms with Crippen molar-refractivity contribution in [3.05, 3.63) is 36.0 Å². The van der Waals surface area contributed by atoms with Crippen LogP contribution in [-0.4, -0.2) is 4.98 Å². The smallest absolute Gasteiger partial charge is 0.0456 e. The van der Waals surface area contributed by atoms with Crippen molar-refractivity contribution in [2.24, 2.45) is 5.73 Å². The number of hydrogen-bond donors (Lipinski definition) is 2. The standard InChI is InChI=1S/C10H12N2.ClH/c1-7(11)10-6-8-4-2-3-5-9(8)12-10;/h2-7,12H,11H2,1H3;1H. The number of hydrogen-bond acceptors (Lipinski definition) is 1. The van der Waals surface area contributed by atoms with E-state index in [1.165, 1.54) is 5.39 Å². The van der Waals surface area contributed by atoms with Crippen molar-refractivity contribution in [3.63, 3.8) is 0 Å². The van der Waals surface area contributed by atoms with Crippen LogP contribution in [0.25, 0.3) is 10.9 Å². The van der Waals surface area contributed by atoms with Crippen LogP contribution >= 0.6 is 12.4 Å². The lowest BCUT2D eigenvalue weighted by atomic mass is 10.2. The maximum atomic E-state index is 5.75. The number of fused-ring (bicyclic) bond motifs is 1. The van der Waals surface area contributed by atoms with Crippen LogP contribution in [0.2, 0.25) is 0 Å². The van der Waals surface area contributed by atoms with Crippen LogP contribution in [0.4, 0.5) is 0 Å². The highest BCUT2D eigenvalue weighted by Gasteiger charge is 2.02. The largest absolute Gasteiger partial charge is 0.357 e. The highest BCUT2D eigenvalue weighted by Crippen LogP contribution is 2.17. The molecule has 0 bridgehead atoms. The monoisotopic (exact) mass is 196 g/mol. The van der Waals surface area contributed by atoms with Gasteiger partial charge in [-0.1, -0.05) is 18.2 Å². The summed E-state index contributed by atoms with van der Waals surface area (Å²) in [6, 6.07) is 10.4. The van der Waals surface area contributed by atoms with Crippen LogP contribution in [0.5, 0.6) is 0 Å². The molecule has 2 nitrogen and oxygen atoms in total. The Balaban J connectivity index is 0.000000845. The van der Waals surface area contributed by atoms with Crippen LogP contribution < -0.4 is 5.73 Å². The van der Waals surface area contributed by atoms with Gasteiger partial charge in [0.1, 0.15) is 0 Å². The SMILES string of the molecule is CC(N)c1cc2ccccc2[nH]1.Cl. The van der Waals surface area contributed by atoms with Gasteiger partial charge in [0.15, 0.2) is 0 Å². The second kappa shape index (κ2) is 3.81. The molecule has 1 aromatic carbocycles.